The number of thiocarbonyl (C=S) groups is 1. The van der Waals surface area contributed by atoms with Crippen molar-refractivity contribution < 1.29 is 9.53 Å². The van der Waals surface area contributed by atoms with Crippen molar-refractivity contribution in [2.75, 3.05) is 11.9 Å². The van der Waals surface area contributed by atoms with Gasteiger partial charge in [-0.05, 0) is 56.5 Å². The van der Waals surface area contributed by atoms with E-state index in [2.05, 4.69) is 20.8 Å². The lowest BCUT2D eigenvalue weighted by atomic mass is 9.96. The molecule has 3 rings (SSSR count). The molecular weight excluding hydrogens is 368 g/mol. The second-order valence-electron chi connectivity index (χ2n) is 6.23. The van der Waals surface area contributed by atoms with E-state index in [1.807, 2.05) is 13.0 Å². The summed E-state index contributed by atoms with van der Waals surface area (Å²) in [6.45, 7) is 2.74. The van der Waals surface area contributed by atoms with Crippen LogP contribution in [-0.2, 0) is 24.1 Å². The summed E-state index contributed by atoms with van der Waals surface area (Å²) in [5.74, 6) is -0.260. The predicted octanol–water partition coefficient (Wildman–Crippen LogP) is 3.79. The topological polar surface area (TPSA) is 79.0 Å². The minimum Gasteiger partial charge on any atom is -0.462 e. The van der Waals surface area contributed by atoms with Crippen molar-refractivity contribution in [3.63, 3.8) is 0 Å². The first-order chi connectivity index (χ1) is 12.7. The monoisotopic (exact) mass is 392 g/mol. The number of hydrogen-bond acceptors (Lipinski definition) is 5. The van der Waals surface area contributed by atoms with Crippen molar-refractivity contribution in [2.24, 2.45) is 0 Å². The molecule has 1 aliphatic carbocycles. The van der Waals surface area contributed by atoms with Crippen LogP contribution in [0.2, 0.25) is 0 Å². The van der Waals surface area contributed by atoms with Gasteiger partial charge in [-0.25, -0.2) is 4.79 Å². The third kappa shape index (κ3) is 4.62. The second kappa shape index (κ2) is 9.14. The van der Waals surface area contributed by atoms with Crippen LogP contribution >= 0.6 is 23.6 Å². The molecule has 6 nitrogen and oxygen atoms in total. The maximum atomic E-state index is 12.6. The smallest absolute Gasteiger partial charge is 0.341 e. The van der Waals surface area contributed by atoms with E-state index in [1.54, 1.807) is 17.5 Å². The van der Waals surface area contributed by atoms with Crippen molar-refractivity contribution in [1.82, 2.24) is 15.5 Å². The lowest BCUT2D eigenvalue weighted by Crippen LogP contribution is -2.28. The lowest BCUT2D eigenvalue weighted by Gasteiger charge is -2.12. The highest BCUT2D eigenvalue weighted by Crippen LogP contribution is 2.37. The van der Waals surface area contributed by atoms with E-state index in [-0.39, 0.29) is 5.97 Å². The van der Waals surface area contributed by atoms with Crippen LogP contribution in [0.25, 0.3) is 0 Å². The van der Waals surface area contributed by atoms with Gasteiger partial charge >= 0.3 is 5.97 Å². The summed E-state index contributed by atoms with van der Waals surface area (Å²) in [4.78, 5) is 13.9. The number of nitrogens with zero attached hydrogens (tertiary/aromatic N) is 1. The SMILES string of the molecule is CCOC(=O)c1c(NC(=S)NCc2ccn[nH]2)sc2c1CCCCCC2. The average Bonchev–Trinajstić information content (AvgIpc) is 3.21. The van der Waals surface area contributed by atoms with Gasteiger partial charge in [0.2, 0.25) is 0 Å². The van der Waals surface area contributed by atoms with E-state index < -0.39 is 0 Å². The van der Waals surface area contributed by atoms with E-state index in [9.17, 15) is 4.79 Å². The molecule has 0 spiro atoms. The molecule has 2 aromatic rings. The van der Waals surface area contributed by atoms with Gasteiger partial charge < -0.3 is 15.4 Å². The predicted molar refractivity (Wildman–Crippen MR) is 108 cm³/mol. The van der Waals surface area contributed by atoms with E-state index in [0.717, 1.165) is 41.9 Å². The number of rotatable bonds is 5. The standard InChI is InChI=1S/C18H24N4O2S2/c1-2-24-17(23)15-13-7-5-3-4-6-8-14(13)26-16(15)21-18(25)19-11-12-9-10-20-22-12/h9-10H,2-8,11H2,1H3,(H,20,22)(H2,19,21,25). The minimum atomic E-state index is -0.260. The number of thiophene rings is 1. The maximum absolute atomic E-state index is 12.6. The van der Waals surface area contributed by atoms with Crippen molar-refractivity contribution in [2.45, 2.75) is 52.0 Å². The molecule has 0 atom stereocenters. The maximum Gasteiger partial charge on any atom is 0.341 e. The van der Waals surface area contributed by atoms with Gasteiger partial charge in [0.05, 0.1) is 24.4 Å². The number of aromatic nitrogens is 2. The Morgan fingerprint density at radius 2 is 2.15 bits per heavy atom. The molecule has 8 heteroatoms. The number of esters is 1. The highest BCUT2D eigenvalue weighted by Gasteiger charge is 2.25. The molecular formula is C18H24N4O2S2. The van der Waals surface area contributed by atoms with Crippen LogP contribution < -0.4 is 10.6 Å². The molecule has 140 valence electrons. The molecule has 0 saturated carbocycles. The largest absolute Gasteiger partial charge is 0.462 e. The number of fused-ring (bicyclic) bond motifs is 1. The van der Waals surface area contributed by atoms with Crippen LogP contribution in [0.3, 0.4) is 0 Å². The van der Waals surface area contributed by atoms with Crippen LogP contribution in [-0.4, -0.2) is 27.9 Å². The van der Waals surface area contributed by atoms with E-state index >= 15 is 0 Å². The van der Waals surface area contributed by atoms with Gasteiger partial charge in [0, 0.05) is 11.1 Å². The third-order valence-electron chi connectivity index (χ3n) is 4.38. The number of nitrogens with one attached hydrogen (secondary N) is 3. The van der Waals surface area contributed by atoms with Gasteiger partial charge in [-0.15, -0.1) is 11.3 Å². The van der Waals surface area contributed by atoms with Gasteiger partial charge in [0.1, 0.15) is 5.00 Å². The number of hydrogen-bond donors (Lipinski definition) is 3. The minimum absolute atomic E-state index is 0.260. The van der Waals surface area contributed by atoms with Gasteiger partial charge in [-0.3, -0.25) is 5.10 Å². The molecule has 0 bridgehead atoms. The number of aryl methyl sites for hydroxylation is 1. The molecule has 26 heavy (non-hydrogen) atoms. The zero-order valence-electron chi connectivity index (χ0n) is 14.9. The first-order valence-electron chi connectivity index (χ1n) is 9.03. The Hall–Kier alpha value is -1.93. The van der Waals surface area contributed by atoms with Crippen molar-refractivity contribution >= 4 is 39.6 Å². The molecule has 0 fully saturated rings. The van der Waals surface area contributed by atoms with Gasteiger partial charge in [0.15, 0.2) is 5.11 Å². The Morgan fingerprint density at radius 1 is 1.35 bits per heavy atom. The molecule has 0 radical (unpaired) electrons. The lowest BCUT2D eigenvalue weighted by molar-refractivity contribution is 0.0526. The number of ether oxygens (including phenoxy) is 1. The summed E-state index contributed by atoms with van der Waals surface area (Å²) in [5, 5.41) is 14.4. The first kappa shape index (κ1) is 18.8. The zero-order valence-corrected chi connectivity index (χ0v) is 16.5. The number of H-pyrrole nitrogens is 1. The van der Waals surface area contributed by atoms with E-state index in [1.165, 1.54) is 17.7 Å². The summed E-state index contributed by atoms with van der Waals surface area (Å²) in [7, 11) is 0. The van der Waals surface area contributed by atoms with Gasteiger partial charge in [0.25, 0.3) is 0 Å². The quantitative estimate of drug-likeness (QED) is 0.531. The van der Waals surface area contributed by atoms with Crippen LogP contribution in [0.1, 0.15) is 59.1 Å². The number of carbonyl (C=O) groups excluding carboxylic acids is 1. The summed E-state index contributed by atoms with van der Waals surface area (Å²) in [6.07, 6.45) is 8.38. The Kier molecular flexibility index (Phi) is 6.62. The van der Waals surface area contributed by atoms with Crippen LogP contribution in [0.4, 0.5) is 5.00 Å². The highest BCUT2D eigenvalue weighted by atomic mass is 32.1. The number of anilines is 1. The normalized spacial score (nSPS) is 14.0. The molecule has 0 aromatic carbocycles. The second-order valence-corrected chi connectivity index (χ2v) is 7.75. The molecule has 0 aliphatic heterocycles. The van der Waals surface area contributed by atoms with Gasteiger partial charge in [-0.2, -0.15) is 5.10 Å². The average molecular weight is 393 g/mol. The fraction of sp³-hybridized carbons (Fsp3) is 0.500. The molecule has 0 amide bonds. The summed E-state index contributed by atoms with van der Waals surface area (Å²) >= 11 is 7.04. The Morgan fingerprint density at radius 3 is 2.88 bits per heavy atom. The summed E-state index contributed by atoms with van der Waals surface area (Å²) in [6, 6.07) is 1.89. The Balaban J connectivity index is 1.78. The molecule has 2 aromatic heterocycles. The van der Waals surface area contributed by atoms with Crippen LogP contribution in [0.5, 0.6) is 0 Å². The van der Waals surface area contributed by atoms with Crippen LogP contribution in [0, 0.1) is 0 Å². The van der Waals surface area contributed by atoms with Crippen molar-refractivity contribution in [3.05, 3.63) is 34.0 Å². The van der Waals surface area contributed by atoms with E-state index in [4.69, 9.17) is 17.0 Å². The fourth-order valence-corrected chi connectivity index (χ4v) is 4.65. The molecule has 3 N–H and O–H groups in total. The highest BCUT2D eigenvalue weighted by molar-refractivity contribution is 7.80. The van der Waals surface area contributed by atoms with Gasteiger partial charge in [-0.1, -0.05) is 12.8 Å². The molecule has 2 heterocycles. The first-order valence-corrected chi connectivity index (χ1v) is 10.3. The molecule has 0 unspecified atom stereocenters. The number of aromatic amines is 1. The summed E-state index contributed by atoms with van der Waals surface area (Å²) < 4.78 is 5.32. The Labute approximate surface area is 162 Å². The molecule has 1 aliphatic rings. The van der Waals surface area contributed by atoms with Crippen molar-refractivity contribution in [1.29, 1.82) is 0 Å². The fourth-order valence-electron chi connectivity index (χ4n) is 3.13. The molecule has 0 saturated heterocycles. The van der Waals surface area contributed by atoms with Crippen LogP contribution in [0.15, 0.2) is 12.3 Å². The number of carbonyl (C=O) groups is 1. The Bertz CT molecular complexity index is 756. The summed E-state index contributed by atoms with van der Waals surface area (Å²) in [5.41, 5.74) is 2.75. The zero-order chi connectivity index (χ0) is 18.4. The van der Waals surface area contributed by atoms with E-state index in [0.29, 0.717) is 23.8 Å². The van der Waals surface area contributed by atoms with Crippen molar-refractivity contribution in [3.8, 4) is 0 Å². The third-order valence-corrected chi connectivity index (χ3v) is 5.83.